The van der Waals surface area contributed by atoms with Crippen LogP contribution in [0.15, 0.2) is 16.7 Å². The molecule has 0 spiro atoms. The van der Waals surface area contributed by atoms with Crippen molar-refractivity contribution >= 4 is 21.4 Å². The minimum atomic E-state index is -3.23. The van der Waals surface area contributed by atoms with Crippen LogP contribution in [0, 0.1) is 0 Å². The lowest BCUT2D eigenvalue weighted by atomic mass is 9.94. The number of aryl methyl sites for hydroxylation is 1. The quantitative estimate of drug-likeness (QED) is 0.809. The Kier molecular flexibility index (Phi) is 4.79. The number of hydrogen-bond donors (Lipinski definition) is 0. The molecule has 1 saturated heterocycles. The highest BCUT2D eigenvalue weighted by atomic mass is 32.2. The third-order valence-electron chi connectivity index (χ3n) is 4.32. The zero-order chi connectivity index (χ0) is 16.4. The number of likely N-dealkylation sites (tertiary alicyclic amines) is 1. The van der Waals surface area contributed by atoms with Crippen LogP contribution in [0.25, 0.3) is 0 Å². The van der Waals surface area contributed by atoms with E-state index in [9.17, 15) is 8.42 Å². The lowest BCUT2D eigenvalue weighted by Gasteiger charge is -2.31. The van der Waals surface area contributed by atoms with Gasteiger partial charge in [0, 0.05) is 43.0 Å². The highest BCUT2D eigenvalue weighted by Gasteiger charge is 2.28. The molecule has 2 aromatic rings. The minimum absolute atomic E-state index is 0.186. The van der Waals surface area contributed by atoms with Crippen LogP contribution in [0.1, 0.15) is 37.1 Å². The first-order valence-electron chi connectivity index (χ1n) is 7.72. The molecule has 0 aliphatic carbocycles. The Morgan fingerprint density at radius 1 is 1.35 bits per heavy atom. The molecule has 3 rings (SSSR count). The average Bonchev–Trinajstić information content (AvgIpc) is 3.16. The second-order valence-corrected chi connectivity index (χ2v) is 8.90. The van der Waals surface area contributed by atoms with Gasteiger partial charge in [-0.2, -0.15) is 0 Å². The Morgan fingerprint density at radius 3 is 2.74 bits per heavy atom. The van der Waals surface area contributed by atoms with E-state index in [4.69, 9.17) is 0 Å². The smallest absolute Gasteiger partial charge is 0.188 e. The summed E-state index contributed by atoms with van der Waals surface area (Å²) < 4.78 is 30.0. The Morgan fingerprint density at radius 2 is 2.09 bits per heavy atom. The van der Waals surface area contributed by atoms with E-state index in [0.29, 0.717) is 9.90 Å². The summed E-state index contributed by atoms with van der Waals surface area (Å²) in [5.74, 6) is 0.186. The molecule has 0 N–H and O–H groups in total. The van der Waals surface area contributed by atoms with Gasteiger partial charge in [0.05, 0.1) is 17.7 Å². The number of hydrogen-bond acceptors (Lipinski definition) is 7. The topological polar surface area (TPSA) is 81.0 Å². The molecule has 23 heavy (non-hydrogen) atoms. The molecule has 9 heteroatoms. The molecule has 126 valence electrons. The third-order valence-corrected chi connectivity index (χ3v) is 6.87. The van der Waals surface area contributed by atoms with Crippen molar-refractivity contribution in [3.05, 3.63) is 23.9 Å². The summed E-state index contributed by atoms with van der Waals surface area (Å²) in [7, 11) is -3.23. The number of sulfone groups is 1. The first kappa shape index (κ1) is 16.5. The van der Waals surface area contributed by atoms with E-state index in [1.807, 2.05) is 12.5 Å². The van der Waals surface area contributed by atoms with Crippen molar-refractivity contribution in [3.63, 3.8) is 0 Å². The third kappa shape index (κ3) is 3.61. The van der Waals surface area contributed by atoms with Crippen molar-refractivity contribution in [3.8, 4) is 0 Å². The molecule has 0 unspecified atom stereocenters. The SMILES string of the molecule is CCn1cncc1CN1CCC(c2nnsc2S(C)(=O)=O)CC1. The Hall–Kier alpha value is -1.32. The molecule has 0 bridgehead atoms. The zero-order valence-corrected chi connectivity index (χ0v) is 15.0. The monoisotopic (exact) mass is 355 g/mol. The van der Waals surface area contributed by atoms with Crippen molar-refractivity contribution < 1.29 is 8.42 Å². The fourth-order valence-electron chi connectivity index (χ4n) is 3.05. The van der Waals surface area contributed by atoms with Gasteiger partial charge in [-0.3, -0.25) is 4.90 Å². The maximum absolute atomic E-state index is 11.8. The number of nitrogens with zero attached hydrogens (tertiary/aromatic N) is 5. The molecule has 0 atom stereocenters. The molecular formula is C14H21N5O2S2. The maximum Gasteiger partial charge on any atom is 0.188 e. The molecule has 0 radical (unpaired) electrons. The van der Waals surface area contributed by atoms with E-state index >= 15 is 0 Å². The standard InChI is InChI=1S/C14H21N5O2S2/c1-3-19-10-15-8-12(19)9-18-6-4-11(5-7-18)13-14(22-17-16-13)23(2,20)21/h8,10-11H,3-7,9H2,1-2H3. The summed E-state index contributed by atoms with van der Waals surface area (Å²) in [5, 5.41) is 4.09. The van der Waals surface area contributed by atoms with Gasteiger partial charge in [-0.1, -0.05) is 4.49 Å². The van der Waals surface area contributed by atoms with Crippen molar-refractivity contribution in [2.45, 2.75) is 43.0 Å². The minimum Gasteiger partial charge on any atom is -0.334 e. The van der Waals surface area contributed by atoms with Crippen LogP contribution in [-0.2, 0) is 22.9 Å². The molecule has 0 saturated carbocycles. The predicted molar refractivity (Wildman–Crippen MR) is 88.2 cm³/mol. The van der Waals surface area contributed by atoms with Crippen LogP contribution >= 0.6 is 11.5 Å². The van der Waals surface area contributed by atoms with Crippen molar-refractivity contribution in [1.82, 2.24) is 24.0 Å². The van der Waals surface area contributed by atoms with E-state index in [2.05, 4.69) is 31.0 Å². The van der Waals surface area contributed by atoms with Crippen molar-refractivity contribution in [2.75, 3.05) is 19.3 Å². The van der Waals surface area contributed by atoms with Crippen LogP contribution in [0.3, 0.4) is 0 Å². The van der Waals surface area contributed by atoms with Gasteiger partial charge in [-0.15, -0.1) is 5.10 Å². The van der Waals surface area contributed by atoms with Crippen LogP contribution < -0.4 is 0 Å². The highest BCUT2D eigenvalue weighted by molar-refractivity contribution is 7.92. The van der Waals surface area contributed by atoms with Crippen LogP contribution in [0.4, 0.5) is 0 Å². The summed E-state index contributed by atoms with van der Waals surface area (Å²) in [5.41, 5.74) is 1.88. The first-order chi connectivity index (χ1) is 11.0. The van der Waals surface area contributed by atoms with E-state index in [1.54, 1.807) is 0 Å². The lowest BCUT2D eigenvalue weighted by molar-refractivity contribution is 0.198. The molecular weight excluding hydrogens is 334 g/mol. The molecule has 1 aliphatic rings. The summed E-state index contributed by atoms with van der Waals surface area (Å²) in [4.78, 5) is 6.59. The fraction of sp³-hybridized carbons (Fsp3) is 0.643. The molecule has 2 aromatic heterocycles. The van der Waals surface area contributed by atoms with E-state index in [1.165, 1.54) is 11.9 Å². The van der Waals surface area contributed by atoms with E-state index < -0.39 is 9.84 Å². The average molecular weight is 355 g/mol. The Bertz CT molecular complexity index is 760. The van der Waals surface area contributed by atoms with Gasteiger partial charge >= 0.3 is 0 Å². The molecule has 7 nitrogen and oxygen atoms in total. The van der Waals surface area contributed by atoms with Gasteiger partial charge in [0.1, 0.15) is 0 Å². The van der Waals surface area contributed by atoms with E-state index in [0.717, 1.165) is 50.6 Å². The van der Waals surface area contributed by atoms with Gasteiger partial charge in [0.2, 0.25) is 0 Å². The van der Waals surface area contributed by atoms with Gasteiger partial charge in [-0.05, 0) is 32.9 Å². The zero-order valence-electron chi connectivity index (χ0n) is 13.3. The van der Waals surface area contributed by atoms with Crippen molar-refractivity contribution in [1.29, 1.82) is 0 Å². The molecule has 0 aromatic carbocycles. The summed E-state index contributed by atoms with van der Waals surface area (Å²) in [6.07, 6.45) is 6.83. The van der Waals surface area contributed by atoms with Gasteiger partial charge < -0.3 is 4.57 Å². The molecule has 3 heterocycles. The Balaban J connectivity index is 1.64. The number of imidazole rings is 1. The second kappa shape index (κ2) is 6.66. The second-order valence-electron chi connectivity index (χ2n) is 5.94. The van der Waals surface area contributed by atoms with Crippen LogP contribution in [0.2, 0.25) is 0 Å². The summed E-state index contributed by atoms with van der Waals surface area (Å²) >= 11 is 0.985. The highest BCUT2D eigenvalue weighted by Crippen LogP contribution is 2.32. The fourth-order valence-corrected chi connectivity index (χ4v) is 4.79. The van der Waals surface area contributed by atoms with Crippen LogP contribution in [-0.4, -0.2) is 51.8 Å². The van der Waals surface area contributed by atoms with E-state index in [-0.39, 0.29) is 5.92 Å². The number of rotatable bonds is 5. The summed E-state index contributed by atoms with van der Waals surface area (Å²) in [6.45, 7) is 5.78. The van der Waals surface area contributed by atoms with Crippen molar-refractivity contribution in [2.24, 2.45) is 0 Å². The first-order valence-corrected chi connectivity index (χ1v) is 10.4. The predicted octanol–water partition coefficient (Wildman–Crippen LogP) is 1.54. The normalized spacial score (nSPS) is 17.7. The maximum atomic E-state index is 11.8. The molecule has 0 amide bonds. The number of aromatic nitrogens is 4. The van der Waals surface area contributed by atoms with Gasteiger partial charge in [0.15, 0.2) is 14.0 Å². The van der Waals surface area contributed by atoms with Crippen LogP contribution in [0.5, 0.6) is 0 Å². The lowest BCUT2D eigenvalue weighted by Crippen LogP contribution is -2.33. The largest absolute Gasteiger partial charge is 0.334 e. The molecule has 1 aliphatic heterocycles. The Labute approximate surface area is 140 Å². The molecule has 1 fully saturated rings. The summed E-state index contributed by atoms with van der Waals surface area (Å²) in [6, 6.07) is 0. The van der Waals surface area contributed by atoms with Gasteiger partial charge in [0.25, 0.3) is 0 Å². The van der Waals surface area contributed by atoms with Gasteiger partial charge in [-0.25, -0.2) is 13.4 Å². The number of piperidine rings is 1.